The number of rotatable bonds is 5. The lowest BCUT2D eigenvalue weighted by atomic mass is 9.96. The fraction of sp³-hybridized carbons (Fsp3) is 0.214. The summed E-state index contributed by atoms with van der Waals surface area (Å²) in [7, 11) is 0. The van der Waals surface area contributed by atoms with Crippen LogP contribution in [0.5, 0.6) is 0 Å². The average molecular weight is 487 g/mol. The van der Waals surface area contributed by atoms with E-state index in [0.29, 0.717) is 5.11 Å². The number of hydrogen-bond donors (Lipinski definition) is 1. The fourth-order valence-corrected chi connectivity index (χ4v) is 5.50. The summed E-state index contributed by atoms with van der Waals surface area (Å²) in [6, 6.07) is 24.8. The molecule has 4 nitrogen and oxygen atoms in total. The Morgan fingerprint density at radius 1 is 1.00 bits per heavy atom. The van der Waals surface area contributed by atoms with E-state index in [1.54, 1.807) is 0 Å². The number of aromatic nitrogens is 2. The maximum Gasteiger partial charge on any atom is 0.174 e. The smallest absolute Gasteiger partial charge is 0.174 e. The van der Waals surface area contributed by atoms with Crippen molar-refractivity contribution in [2.45, 2.75) is 39.3 Å². The molecular formula is C28H27ClN4S. The summed E-state index contributed by atoms with van der Waals surface area (Å²) in [5, 5.41) is 4.99. The van der Waals surface area contributed by atoms with Crippen LogP contribution < -0.4 is 10.2 Å². The molecule has 1 aliphatic heterocycles. The fourth-order valence-electron chi connectivity index (χ4n) is 4.93. The van der Waals surface area contributed by atoms with Gasteiger partial charge in [-0.05, 0) is 86.1 Å². The highest BCUT2D eigenvalue weighted by molar-refractivity contribution is 7.80. The van der Waals surface area contributed by atoms with Gasteiger partial charge in [-0.1, -0.05) is 48.9 Å². The third-order valence-electron chi connectivity index (χ3n) is 6.60. The zero-order chi connectivity index (χ0) is 23.8. The van der Waals surface area contributed by atoms with Crippen LogP contribution in [0, 0.1) is 13.8 Å². The van der Waals surface area contributed by atoms with Crippen molar-refractivity contribution in [3.63, 3.8) is 0 Å². The molecule has 2 atom stereocenters. The summed E-state index contributed by atoms with van der Waals surface area (Å²) in [5.41, 5.74) is 7.77. The molecule has 0 aliphatic carbocycles. The third kappa shape index (κ3) is 3.89. The number of pyridine rings is 1. The first-order chi connectivity index (χ1) is 16.5. The second-order valence-corrected chi connectivity index (χ2v) is 9.42. The minimum absolute atomic E-state index is 0.0580. The molecule has 0 saturated carbocycles. The van der Waals surface area contributed by atoms with E-state index < -0.39 is 0 Å². The van der Waals surface area contributed by atoms with Gasteiger partial charge >= 0.3 is 0 Å². The van der Waals surface area contributed by atoms with Gasteiger partial charge in [0.2, 0.25) is 0 Å². The Morgan fingerprint density at radius 3 is 2.41 bits per heavy atom. The van der Waals surface area contributed by atoms with Crippen LogP contribution in [0.1, 0.15) is 47.2 Å². The van der Waals surface area contributed by atoms with E-state index in [9.17, 15) is 0 Å². The van der Waals surface area contributed by atoms with E-state index in [1.807, 2.05) is 36.5 Å². The van der Waals surface area contributed by atoms with Crippen molar-refractivity contribution >= 4 is 34.6 Å². The highest BCUT2D eigenvalue weighted by Gasteiger charge is 2.42. The van der Waals surface area contributed by atoms with Crippen LogP contribution in [0.4, 0.5) is 5.69 Å². The Bertz CT molecular complexity index is 1330. The summed E-state index contributed by atoms with van der Waals surface area (Å²) < 4.78 is 2.23. The van der Waals surface area contributed by atoms with Crippen LogP contribution in [-0.4, -0.2) is 14.7 Å². The molecule has 0 radical (unpaired) electrons. The molecule has 2 aromatic heterocycles. The van der Waals surface area contributed by atoms with Crippen molar-refractivity contribution < 1.29 is 0 Å². The lowest BCUT2D eigenvalue weighted by Gasteiger charge is -2.28. The SMILES string of the molecule is CCc1ccc(N2C(=S)NC(c3ccccn3)C2c2cc(C)n(-c3ccccc3Cl)c2C)cc1. The van der Waals surface area contributed by atoms with Gasteiger partial charge in [0.25, 0.3) is 0 Å². The van der Waals surface area contributed by atoms with Crippen molar-refractivity contribution in [3.8, 4) is 5.69 Å². The van der Waals surface area contributed by atoms with E-state index in [-0.39, 0.29) is 12.1 Å². The summed E-state index contributed by atoms with van der Waals surface area (Å²) in [6.07, 6.45) is 2.84. The topological polar surface area (TPSA) is 33.1 Å². The molecule has 1 fully saturated rings. The lowest BCUT2D eigenvalue weighted by molar-refractivity contribution is 0.565. The Balaban J connectivity index is 1.68. The van der Waals surface area contributed by atoms with Gasteiger partial charge in [0, 0.05) is 23.3 Å². The zero-order valence-electron chi connectivity index (χ0n) is 19.5. The molecule has 2 unspecified atom stereocenters. The number of para-hydroxylation sites is 1. The minimum atomic E-state index is -0.0836. The summed E-state index contributed by atoms with van der Waals surface area (Å²) in [4.78, 5) is 6.91. The molecule has 2 aromatic carbocycles. The third-order valence-corrected chi connectivity index (χ3v) is 7.24. The molecule has 0 amide bonds. The zero-order valence-corrected chi connectivity index (χ0v) is 21.1. The Hall–Kier alpha value is -3.15. The van der Waals surface area contributed by atoms with Crippen LogP contribution in [0.15, 0.2) is 79.0 Å². The number of nitrogens with zero attached hydrogens (tertiary/aromatic N) is 3. The first kappa shape index (κ1) is 22.6. The molecule has 1 N–H and O–H groups in total. The first-order valence-corrected chi connectivity index (χ1v) is 12.3. The Kier molecular flexibility index (Phi) is 6.15. The van der Waals surface area contributed by atoms with Gasteiger partial charge in [0.05, 0.1) is 28.5 Å². The van der Waals surface area contributed by atoms with Crippen LogP contribution in [-0.2, 0) is 6.42 Å². The molecule has 1 aliphatic rings. The molecule has 0 spiro atoms. The summed E-state index contributed by atoms with van der Waals surface area (Å²) >= 11 is 12.5. The van der Waals surface area contributed by atoms with Crippen LogP contribution in [0.2, 0.25) is 5.02 Å². The number of aryl methyl sites for hydroxylation is 2. The van der Waals surface area contributed by atoms with Gasteiger partial charge in [-0.2, -0.15) is 0 Å². The molecule has 0 bridgehead atoms. The molecule has 3 heterocycles. The maximum atomic E-state index is 6.60. The van der Waals surface area contributed by atoms with Gasteiger partial charge in [-0.15, -0.1) is 0 Å². The van der Waals surface area contributed by atoms with Crippen molar-refractivity contribution in [1.82, 2.24) is 14.9 Å². The van der Waals surface area contributed by atoms with E-state index >= 15 is 0 Å². The van der Waals surface area contributed by atoms with E-state index in [2.05, 4.69) is 83.0 Å². The Morgan fingerprint density at radius 2 is 1.74 bits per heavy atom. The predicted molar refractivity (Wildman–Crippen MR) is 144 cm³/mol. The standard InChI is InChI=1S/C28H27ClN4S/c1-4-20-12-14-21(15-13-20)33-27(26(31-28(33)34)24-10-7-8-16-30-24)22-17-18(2)32(19(22)3)25-11-6-5-9-23(25)29/h5-17,26-27H,4H2,1-3H3,(H,31,34). The number of halogens is 1. The van der Waals surface area contributed by atoms with Gasteiger partial charge in [-0.3, -0.25) is 4.98 Å². The predicted octanol–water partition coefficient (Wildman–Crippen LogP) is 6.88. The summed E-state index contributed by atoms with van der Waals surface area (Å²) in [5.74, 6) is 0. The second kappa shape index (κ2) is 9.24. The molecular weight excluding hydrogens is 460 g/mol. The number of hydrogen-bond acceptors (Lipinski definition) is 2. The molecule has 6 heteroatoms. The highest BCUT2D eigenvalue weighted by atomic mass is 35.5. The van der Waals surface area contributed by atoms with Gasteiger partial charge in [0.1, 0.15) is 0 Å². The van der Waals surface area contributed by atoms with Gasteiger partial charge in [-0.25, -0.2) is 0 Å². The van der Waals surface area contributed by atoms with Crippen molar-refractivity contribution in [2.75, 3.05) is 4.90 Å². The van der Waals surface area contributed by atoms with Crippen LogP contribution in [0.3, 0.4) is 0 Å². The molecule has 34 heavy (non-hydrogen) atoms. The first-order valence-electron chi connectivity index (χ1n) is 11.5. The monoisotopic (exact) mass is 486 g/mol. The number of thiocarbonyl (C=S) groups is 1. The number of benzene rings is 2. The van der Waals surface area contributed by atoms with Crippen molar-refractivity contribution in [2.24, 2.45) is 0 Å². The van der Waals surface area contributed by atoms with Gasteiger partial charge in [0.15, 0.2) is 5.11 Å². The van der Waals surface area contributed by atoms with E-state index in [1.165, 1.54) is 11.1 Å². The van der Waals surface area contributed by atoms with Crippen LogP contribution in [0.25, 0.3) is 5.69 Å². The van der Waals surface area contributed by atoms with Crippen molar-refractivity contribution in [1.29, 1.82) is 0 Å². The largest absolute Gasteiger partial charge is 0.351 e. The van der Waals surface area contributed by atoms with Crippen molar-refractivity contribution in [3.05, 3.63) is 112 Å². The number of anilines is 1. The molecule has 172 valence electrons. The number of nitrogens with one attached hydrogen (secondary N) is 1. The average Bonchev–Trinajstić information content (AvgIpc) is 3.35. The van der Waals surface area contributed by atoms with E-state index in [4.69, 9.17) is 23.8 Å². The highest BCUT2D eigenvalue weighted by Crippen LogP contribution is 2.44. The summed E-state index contributed by atoms with van der Waals surface area (Å²) in [6.45, 7) is 6.44. The molecule has 4 aromatic rings. The quantitative estimate of drug-likeness (QED) is 0.311. The molecule has 1 saturated heterocycles. The van der Waals surface area contributed by atoms with Gasteiger partial charge < -0.3 is 14.8 Å². The normalized spacial score (nSPS) is 17.8. The Labute approximate surface area is 211 Å². The van der Waals surface area contributed by atoms with E-state index in [0.717, 1.165) is 39.9 Å². The second-order valence-electron chi connectivity index (χ2n) is 8.63. The minimum Gasteiger partial charge on any atom is -0.351 e. The maximum absolute atomic E-state index is 6.60. The lowest BCUT2D eigenvalue weighted by Crippen LogP contribution is -2.29. The van der Waals surface area contributed by atoms with Crippen LogP contribution >= 0.6 is 23.8 Å². The molecule has 5 rings (SSSR count).